The third kappa shape index (κ3) is 5.15. The Kier molecular flexibility index (Phi) is 5.45. The van der Waals surface area contributed by atoms with Gasteiger partial charge in [0, 0.05) is 6.42 Å². The lowest BCUT2D eigenvalue weighted by Crippen LogP contribution is -2.42. The minimum atomic E-state index is -1.21. The van der Waals surface area contributed by atoms with E-state index in [1.54, 1.807) is 0 Å². The van der Waals surface area contributed by atoms with Gasteiger partial charge >= 0.3 is 11.9 Å². The van der Waals surface area contributed by atoms with Gasteiger partial charge in [0.25, 0.3) is 0 Å². The number of aromatic nitrogens is 3. The van der Waals surface area contributed by atoms with Crippen molar-refractivity contribution in [2.45, 2.75) is 25.4 Å². The molecule has 2 N–H and O–H groups in total. The lowest BCUT2D eigenvalue weighted by atomic mass is 10.1. The maximum Gasteiger partial charge on any atom is 0.326 e. The zero-order valence-electron chi connectivity index (χ0n) is 10.3. The van der Waals surface area contributed by atoms with E-state index < -0.39 is 23.9 Å². The fourth-order valence-corrected chi connectivity index (χ4v) is 1.32. The SMILES string of the molecule is COC(=O)CC[C@@H](NC(=O)Cn1cncn1)C(=O)O. The summed E-state index contributed by atoms with van der Waals surface area (Å²) in [6.45, 7) is -0.137. The number of carboxylic acid groups (broad SMARTS) is 1. The Balaban J connectivity index is 2.46. The summed E-state index contributed by atoms with van der Waals surface area (Å²) in [7, 11) is 1.21. The van der Waals surface area contributed by atoms with Crippen molar-refractivity contribution in [3.05, 3.63) is 12.7 Å². The Morgan fingerprint density at radius 1 is 1.47 bits per heavy atom. The molecule has 1 aromatic heterocycles. The molecule has 1 heterocycles. The average molecular weight is 270 g/mol. The van der Waals surface area contributed by atoms with Crippen LogP contribution in [-0.4, -0.2) is 50.9 Å². The number of hydrogen-bond acceptors (Lipinski definition) is 6. The fraction of sp³-hybridized carbons (Fsp3) is 0.500. The number of methoxy groups -OCH3 is 1. The van der Waals surface area contributed by atoms with E-state index in [1.165, 1.54) is 24.4 Å². The molecule has 1 aromatic rings. The number of rotatable bonds is 7. The molecule has 0 unspecified atom stereocenters. The van der Waals surface area contributed by atoms with E-state index >= 15 is 0 Å². The van der Waals surface area contributed by atoms with Gasteiger partial charge in [0.05, 0.1) is 7.11 Å². The van der Waals surface area contributed by atoms with E-state index in [0.717, 1.165) is 0 Å². The predicted octanol–water partition coefficient (Wildman–Crippen LogP) is -1.20. The molecule has 0 saturated carbocycles. The molecule has 9 nitrogen and oxygen atoms in total. The Bertz CT molecular complexity index is 445. The van der Waals surface area contributed by atoms with Crippen molar-refractivity contribution < 1.29 is 24.2 Å². The molecule has 0 aromatic carbocycles. The highest BCUT2D eigenvalue weighted by molar-refractivity contribution is 5.83. The molecule has 0 spiro atoms. The zero-order valence-corrected chi connectivity index (χ0v) is 10.3. The van der Waals surface area contributed by atoms with Crippen LogP contribution in [0.4, 0.5) is 0 Å². The molecule has 19 heavy (non-hydrogen) atoms. The topological polar surface area (TPSA) is 123 Å². The van der Waals surface area contributed by atoms with Crippen LogP contribution in [0.25, 0.3) is 0 Å². The summed E-state index contributed by atoms with van der Waals surface area (Å²) in [6, 6.07) is -1.14. The first-order valence-corrected chi connectivity index (χ1v) is 5.44. The Morgan fingerprint density at radius 2 is 2.21 bits per heavy atom. The summed E-state index contributed by atoms with van der Waals surface area (Å²) < 4.78 is 5.66. The summed E-state index contributed by atoms with van der Waals surface area (Å²) >= 11 is 0. The van der Waals surface area contributed by atoms with E-state index in [9.17, 15) is 14.4 Å². The molecule has 104 valence electrons. The van der Waals surface area contributed by atoms with Crippen LogP contribution in [0, 0.1) is 0 Å². The molecule has 0 aliphatic rings. The maximum atomic E-state index is 11.6. The zero-order chi connectivity index (χ0) is 14.3. The van der Waals surface area contributed by atoms with Gasteiger partial charge in [-0.2, -0.15) is 5.10 Å². The largest absolute Gasteiger partial charge is 0.480 e. The molecule has 1 atom stereocenters. The van der Waals surface area contributed by atoms with E-state index in [1.807, 2.05) is 0 Å². The molecule has 0 saturated heterocycles. The summed E-state index contributed by atoms with van der Waals surface area (Å²) in [5, 5.41) is 15.0. The average Bonchev–Trinajstić information content (AvgIpc) is 2.86. The number of aliphatic carboxylic acids is 1. The first-order valence-electron chi connectivity index (χ1n) is 5.44. The van der Waals surface area contributed by atoms with Crippen LogP contribution in [0.3, 0.4) is 0 Å². The second-order valence-electron chi connectivity index (χ2n) is 3.67. The third-order valence-corrected chi connectivity index (χ3v) is 2.27. The van der Waals surface area contributed by atoms with E-state index in [-0.39, 0.29) is 19.4 Å². The first kappa shape index (κ1) is 14.6. The van der Waals surface area contributed by atoms with Crippen molar-refractivity contribution in [1.82, 2.24) is 20.1 Å². The highest BCUT2D eigenvalue weighted by Crippen LogP contribution is 2.00. The summed E-state index contributed by atoms with van der Waals surface area (Å²) in [5.74, 6) is -2.27. The van der Waals surface area contributed by atoms with Crippen LogP contribution in [-0.2, 0) is 25.7 Å². The van der Waals surface area contributed by atoms with Crippen LogP contribution >= 0.6 is 0 Å². The van der Waals surface area contributed by atoms with Crippen molar-refractivity contribution in [3.63, 3.8) is 0 Å². The van der Waals surface area contributed by atoms with Crippen LogP contribution in [0.2, 0.25) is 0 Å². The normalized spacial score (nSPS) is 11.6. The van der Waals surface area contributed by atoms with Crippen LogP contribution in [0.1, 0.15) is 12.8 Å². The Morgan fingerprint density at radius 3 is 2.74 bits per heavy atom. The minimum absolute atomic E-state index is 0.0366. The van der Waals surface area contributed by atoms with E-state index in [2.05, 4.69) is 20.1 Å². The smallest absolute Gasteiger partial charge is 0.326 e. The van der Waals surface area contributed by atoms with Crippen LogP contribution in [0.15, 0.2) is 12.7 Å². The van der Waals surface area contributed by atoms with Crippen LogP contribution < -0.4 is 5.32 Å². The van der Waals surface area contributed by atoms with Gasteiger partial charge in [-0.25, -0.2) is 14.5 Å². The second kappa shape index (κ2) is 7.09. The summed E-state index contributed by atoms with van der Waals surface area (Å²) in [4.78, 5) is 37.1. The number of esters is 1. The highest BCUT2D eigenvalue weighted by Gasteiger charge is 2.21. The third-order valence-electron chi connectivity index (χ3n) is 2.27. The van der Waals surface area contributed by atoms with Crippen molar-refractivity contribution in [1.29, 1.82) is 0 Å². The van der Waals surface area contributed by atoms with Crippen molar-refractivity contribution in [2.24, 2.45) is 0 Å². The number of ether oxygens (including phenoxy) is 1. The van der Waals surface area contributed by atoms with Gasteiger partial charge in [-0.05, 0) is 6.42 Å². The van der Waals surface area contributed by atoms with Crippen molar-refractivity contribution in [3.8, 4) is 0 Å². The lowest BCUT2D eigenvalue weighted by Gasteiger charge is -2.13. The van der Waals surface area contributed by atoms with Crippen molar-refractivity contribution >= 4 is 17.8 Å². The number of carbonyl (C=O) groups is 3. The number of amides is 1. The number of hydrogen-bond donors (Lipinski definition) is 2. The summed E-state index contributed by atoms with van der Waals surface area (Å²) in [6.07, 6.45) is 2.48. The van der Waals surface area contributed by atoms with E-state index in [0.29, 0.717) is 0 Å². The maximum absolute atomic E-state index is 11.6. The van der Waals surface area contributed by atoms with Gasteiger partial charge in [0.1, 0.15) is 25.2 Å². The first-order chi connectivity index (χ1) is 9.02. The molecule has 0 aliphatic carbocycles. The van der Waals surface area contributed by atoms with Gasteiger partial charge in [0.2, 0.25) is 5.91 Å². The molecular formula is C10H14N4O5. The quantitative estimate of drug-likeness (QED) is 0.596. The fourth-order valence-electron chi connectivity index (χ4n) is 1.32. The second-order valence-corrected chi connectivity index (χ2v) is 3.67. The lowest BCUT2D eigenvalue weighted by molar-refractivity contribution is -0.144. The molecule has 1 amide bonds. The predicted molar refractivity (Wildman–Crippen MR) is 60.8 cm³/mol. The minimum Gasteiger partial charge on any atom is -0.480 e. The Hall–Kier alpha value is -2.45. The van der Waals surface area contributed by atoms with E-state index in [4.69, 9.17) is 5.11 Å². The van der Waals surface area contributed by atoms with Gasteiger partial charge < -0.3 is 15.2 Å². The van der Waals surface area contributed by atoms with Gasteiger partial charge in [-0.15, -0.1) is 0 Å². The summed E-state index contributed by atoms with van der Waals surface area (Å²) in [5.41, 5.74) is 0. The monoisotopic (exact) mass is 270 g/mol. The molecule has 9 heteroatoms. The van der Waals surface area contributed by atoms with Crippen LogP contribution in [0.5, 0.6) is 0 Å². The molecule has 1 rings (SSSR count). The van der Waals surface area contributed by atoms with Gasteiger partial charge in [0.15, 0.2) is 0 Å². The molecule has 0 radical (unpaired) electrons. The molecule has 0 aliphatic heterocycles. The number of nitrogens with one attached hydrogen (secondary N) is 1. The van der Waals surface area contributed by atoms with Crippen molar-refractivity contribution in [2.75, 3.05) is 7.11 Å². The van der Waals surface area contributed by atoms with Gasteiger partial charge in [-0.1, -0.05) is 0 Å². The molecular weight excluding hydrogens is 256 g/mol. The number of carboxylic acids is 1. The number of nitrogens with zero attached hydrogens (tertiary/aromatic N) is 3. The van der Waals surface area contributed by atoms with Gasteiger partial charge in [-0.3, -0.25) is 9.59 Å². The Labute approximate surface area is 108 Å². The molecule has 0 bridgehead atoms. The highest BCUT2D eigenvalue weighted by atomic mass is 16.5. The standard InChI is InChI=1S/C10H14N4O5/c1-19-9(16)3-2-7(10(17)18)13-8(15)4-14-6-11-5-12-14/h5-7H,2-4H2,1H3,(H,13,15)(H,17,18)/t7-/m1/s1. The molecule has 0 fully saturated rings. The number of carbonyl (C=O) groups excluding carboxylic acids is 2.